The maximum absolute atomic E-state index is 12.6. The minimum Gasteiger partial charge on any atom is -0.462 e. The Hall–Kier alpha value is -3.17. The Morgan fingerprint density at radius 2 is 2.03 bits per heavy atom. The van der Waals surface area contributed by atoms with Crippen LogP contribution in [0, 0.1) is 0 Å². The van der Waals surface area contributed by atoms with Crippen molar-refractivity contribution in [3.05, 3.63) is 64.4 Å². The van der Waals surface area contributed by atoms with Gasteiger partial charge in [-0.1, -0.05) is 6.58 Å². The number of carbonyl (C=O) groups is 1. The number of aryl methyl sites for hydroxylation is 1. The van der Waals surface area contributed by atoms with Crippen LogP contribution in [0.4, 0.5) is 11.5 Å². The second kappa shape index (κ2) is 8.16. The van der Waals surface area contributed by atoms with Gasteiger partial charge in [-0.15, -0.1) is 0 Å². The minimum atomic E-state index is -0.656. The zero-order valence-electron chi connectivity index (χ0n) is 17.9. The van der Waals surface area contributed by atoms with Crippen LogP contribution in [-0.2, 0) is 21.3 Å². The van der Waals surface area contributed by atoms with Crippen LogP contribution in [0.3, 0.4) is 0 Å². The molecule has 2 fully saturated rings. The molecule has 1 amide bonds. The van der Waals surface area contributed by atoms with E-state index in [9.17, 15) is 9.59 Å². The molecule has 2 aromatic heterocycles. The lowest BCUT2D eigenvalue weighted by Gasteiger charge is -2.26. The Kier molecular flexibility index (Phi) is 5.55. The summed E-state index contributed by atoms with van der Waals surface area (Å²) in [4.78, 5) is 31.2. The van der Waals surface area contributed by atoms with Gasteiger partial charge < -0.3 is 29.0 Å². The van der Waals surface area contributed by atoms with E-state index in [0.29, 0.717) is 54.7 Å². The molecule has 0 spiro atoms. The molecule has 0 aliphatic carbocycles. The third-order valence-corrected chi connectivity index (χ3v) is 5.37. The van der Waals surface area contributed by atoms with Crippen molar-refractivity contribution in [3.63, 3.8) is 0 Å². The summed E-state index contributed by atoms with van der Waals surface area (Å²) in [5, 5.41) is 3.03. The standard InChI is InChI=1S/C22H26N4O5/c1-14-22(2,3)31-21(30-14)16-11-17(20(28)25(4)13-16)24-18-6-5-15(12-23-18)19(27)26-7-9-29-10-8-26/h5-6,11-13,21H,1,7-10H2,2-4H3,(H,23,24). The summed E-state index contributed by atoms with van der Waals surface area (Å²) in [6, 6.07) is 5.04. The number of carbonyl (C=O) groups excluding carboxylic acids is 1. The lowest BCUT2D eigenvalue weighted by atomic mass is 10.1. The van der Waals surface area contributed by atoms with Gasteiger partial charge in [-0.2, -0.15) is 0 Å². The molecule has 0 aromatic carbocycles. The number of nitrogens with zero attached hydrogens (tertiary/aromatic N) is 3. The monoisotopic (exact) mass is 426 g/mol. The second-order valence-corrected chi connectivity index (χ2v) is 8.07. The van der Waals surface area contributed by atoms with Gasteiger partial charge >= 0.3 is 0 Å². The average Bonchev–Trinajstić information content (AvgIpc) is 3.04. The van der Waals surface area contributed by atoms with Crippen molar-refractivity contribution in [2.45, 2.75) is 25.7 Å². The fraction of sp³-hybridized carbons (Fsp3) is 0.409. The largest absolute Gasteiger partial charge is 0.462 e. The molecule has 9 nitrogen and oxygen atoms in total. The number of anilines is 2. The molecule has 0 bridgehead atoms. The van der Waals surface area contributed by atoms with Crippen LogP contribution in [0.2, 0.25) is 0 Å². The lowest BCUT2D eigenvalue weighted by Crippen LogP contribution is -2.40. The zero-order chi connectivity index (χ0) is 22.2. The van der Waals surface area contributed by atoms with Crippen LogP contribution in [0.5, 0.6) is 0 Å². The third kappa shape index (κ3) is 4.33. The Labute approximate surface area is 180 Å². The first kappa shape index (κ1) is 21.1. The molecule has 2 aliphatic heterocycles. The summed E-state index contributed by atoms with van der Waals surface area (Å²) in [5.74, 6) is 0.896. The quantitative estimate of drug-likeness (QED) is 0.802. The van der Waals surface area contributed by atoms with Gasteiger partial charge in [0.25, 0.3) is 11.5 Å². The molecule has 1 N–H and O–H groups in total. The topological polar surface area (TPSA) is 94.9 Å². The molecule has 0 radical (unpaired) electrons. The highest BCUT2D eigenvalue weighted by atomic mass is 16.7. The van der Waals surface area contributed by atoms with E-state index >= 15 is 0 Å². The molecule has 1 unspecified atom stereocenters. The van der Waals surface area contributed by atoms with Gasteiger partial charge in [0, 0.05) is 38.1 Å². The predicted octanol–water partition coefficient (Wildman–Crippen LogP) is 2.33. The van der Waals surface area contributed by atoms with Gasteiger partial charge in [0.2, 0.25) is 6.29 Å². The summed E-state index contributed by atoms with van der Waals surface area (Å²) in [6.07, 6.45) is 2.52. The summed E-state index contributed by atoms with van der Waals surface area (Å²) in [7, 11) is 1.66. The van der Waals surface area contributed by atoms with Crippen LogP contribution >= 0.6 is 0 Å². The Bertz CT molecular complexity index is 1050. The molecule has 9 heteroatoms. The SMILES string of the molecule is C=C1OC(c2cc(Nc3ccc(C(=O)N4CCOCC4)cn3)c(=O)n(C)c2)OC1(C)C. The highest BCUT2D eigenvalue weighted by Crippen LogP contribution is 2.39. The number of ether oxygens (including phenoxy) is 3. The number of nitrogens with one attached hydrogen (secondary N) is 1. The van der Waals surface area contributed by atoms with Crippen LogP contribution < -0.4 is 10.9 Å². The highest BCUT2D eigenvalue weighted by molar-refractivity contribution is 5.94. The first-order chi connectivity index (χ1) is 14.7. The van der Waals surface area contributed by atoms with Gasteiger partial charge in [-0.05, 0) is 32.0 Å². The number of amides is 1. The minimum absolute atomic E-state index is 0.0846. The van der Waals surface area contributed by atoms with Crippen LogP contribution in [0.1, 0.15) is 36.1 Å². The normalized spacial score (nSPS) is 20.4. The van der Waals surface area contributed by atoms with E-state index in [-0.39, 0.29) is 11.5 Å². The van der Waals surface area contributed by atoms with E-state index in [1.165, 1.54) is 10.8 Å². The molecule has 2 aromatic rings. The van der Waals surface area contributed by atoms with Gasteiger partial charge in [0.1, 0.15) is 22.9 Å². The first-order valence-electron chi connectivity index (χ1n) is 10.1. The van der Waals surface area contributed by atoms with Crippen molar-refractivity contribution in [1.29, 1.82) is 0 Å². The fourth-order valence-electron chi connectivity index (χ4n) is 3.40. The first-order valence-corrected chi connectivity index (χ1v) is 10.1. The van der Waals surface area contributed by atoms with Crippen molar-refractivity contribution < 1.29 is 19.0 Å². The number of aromatic nitrogens is 2. The summed E-state index contributed by atoms with van der Waals surface area (Å²) in [6.45, 7) is 9.85. The van der Waals surface area contributed by atoms with Crippen molar-refractivity contribution >= 4 is 17.4 Å². The second-order valence-electron chi connectivity index (χ2n) is 8.07. The van der Waals surface area contributed by atoms with Crippen LogP contribution in [0.15, 0.2) is 47.7 Å². The molecule has 4 rings (SSSR count). The molecular weight excluding hydrogens is 400 g/mol. The fourth-order valence-corrected chi connectivity index (χ4v) is 3.40. The van der Waals surface area contributed by atoms with E-state index < -0.39 is 11.9 Å². The van der Waals surface area contributed by atoms with Crippen molar-refractivity contribution in [1.82, 2.24) is 14.5 Å². The molecule has 164 valence electrons. The van der Waals surface area contributed by atoms with E-state index in [1.807, 2.05) is 13.8 Å². The van der Waals surface area contributed by atoms with Crippen LogP contribution in [0.25, 0.3) is 0 Å². The maximum atomic E-state index is 12.6. The van der Waals surface area contributed by atoms with Gasteiger partial charge in [-0.25, -0.2) is 4.98 Å². The Balaban J connectivity index is 1.52. The molecule has 0 saturated carbocycles. The van der Waals surface area contributed by atoms with Crippen LogP contribution in [-0.4, -0.2) is 52.3 Å². The average molecular weight is 426 g/mol. The van der Waals surface area contributed by atoms with Crippen molar-refractivity contribution in [3.8, 4) is 0 Å². The van der Waals surface area contributed by atoms with E-state index in [1.54, 1.807) is 36.3 Å². The van der Waals surface area contributed by atoms with E-state index in [2.05, 4.69) is 16.9 Å². The van der Waals surface area contributed by atoms with Gasteiger partial charge in [-0.3, -0.25) is 9.59 Å². The molecule has 2 aliphatic rings. The highest BCUT2D eigenvalue weighted by Gasteiger charge is 2.38. The van der Waals surface area contributed by atoms with Crippen molar-refractivity contribution in [2.24, 2.45) is 7.05 Å². The predicted molar refractivity (Wildman–Crippen MR) is 114 cm³/mol. The number of pyridine rings is 2. The molecule has 31 heavy (non-hydrogen) atoms. The maximum Gasteiger partial charge on any atom is 0.274 e. The summed E-state index contributed by atoms with van der Waals surface area (Å²) < 4.78 is 18.4. The zero-order valence-corrected chi connectivity index (χ0v) is 17.9. The number of hydrogen-bond acceptors (Lipinski definition) is 7. The summed E-state index contributed by atoms with van der Waals surface area (Å²) in [5.41, 5.74) is 0.646. The molecule has 2 saturated heterocycles. The smallest absolute Gasteiger partial charge is 0.274 e. The van der Waals surface area contributed by atoms with Crippen molar-refractivity contribution in [2.75, 3.05) is 31.6 Å². The third-order valence-electron chi connectivity index (χ3n) is 5.37. The van der Waals surface area contributed by atoms with E-state index in [4.69, 9.17) is 14.2 Å². The Morgan fingerprint density at radius 3 is 2.65 bits per heavy atom. The number of rotatable bonds is 4. The number of hydrogen-bond donors (Lipinski definition) is 1. The molecule has 1 atom stereocenters. The molecular formula is C22H26N4O5. The molecule has 4 heterocycles. The van der Waals surface area contributed by atoms with E-state index in [0.717, 1.165) is 0 Å². The lowest BCUT2D eigenvalue weighted by molar-refractivity contribution is -0.0802. The van der Waals surface area contributed by atoms with Gasteiger partial charge in [0.05, 0.1) is 18.8 Å². The Morgan fingerprint density at radius 1 is 1.29 bits per heavy atom. The summed E-state index contributed by atoms with van der Waals surface area (Å²) >= 11 is 0. The number of morpholine rings is 1. The van der Waals surface area contributed by atoms with Gasteiger partial charge in [0.15, 0.2) is 0 Å².